The van der Waals surface area contributed by atoms with Crippen molar-refractivity contribution < 1.29 is 9.90 Å². The Balaban J connectivity index is 2.52. The van der Waals surface area contributed by atoms with Gasteiger partial charge >= 0.3 is 0 Å². The Morgan fingerprint density at radius 3 is 2.82 bits per heavy atom. The van der Waals surface area contributed by atoms with Gasteiger partial charge in [0, 0.05) is 17.8 Å². The van der Waals surface area contributed by atoms with E-state index in [0.717, 1.165) is 25.9 Å². The van der Waals surface area contributed by atoms with Crippen LogP contribution in [-0.2, 0) is 4.79 Å². The maximum atomic E-state index is 12.2. The van der Waals surface area contributed by atoms with Gasteiger partial charge < -0.3 is 15.7 Å². The molecule has 3 unspecified atom stereocenters. The number of aliphatic hydroxyl groups excluding tert-OH is 1. The fourth-order valence-electron chi connectivity index (χ4n) is 2.16. The molecule has 1 aliphatic rings. The zero-order valence-electron chi connectivity index (χ0n) is 11.0. The summed E-state index contributed by atoms with van der Waals surface area (Å²) in [5.74, 6) is 0.102. The fraction of sp³-hybridized carbons (Fsp3) is 0.917. The zero-order valence-corrected chi connectivity index (χ0v) is 11.8. The smallest absolute Gasteiger partial charge is 0.227 e. The average Bonchev–Trinajstić information content (AvgIpc) is 2.31. The topological polar surface area (TPSA) is 61.4 Å². The first-order valence-corrected chi connectivity index (χ1v) is 7.47. The van der Waals surface area contributed by atoms with Crippen molar-refractivity contribution in [2.24, 2.45) is 5.41 Å². The summed E-state index contributed by atoms with van der Waals surface area (Å²) in [6.07, 6.45) is 3.93. The molecular weight excluding hydrogens is 236 g/mol. The molecule has 0 aliphatic carbocycles. The lowest BCUT2D eigenvalue weighted by Crippen LogP contribution is -2.52. The molecule has 3 N–H and O–H groups in total. The number of aliphatic hydroxyl groups is 1. The highest BCUT2D eigenvalue weighted by Crippen LogP contribution is 2.26. The van der Waals surface area contributed by atoms with Crippen LogP contribution in [0.3, 0.4) is 0 Å². The molecule has 0 aromatic heterocycles. The van der Waals surface area contributed by atoms with Crippen molar-refractivity contribution in [3.8, 4) is 0 Å². The number of rotatable bonds is 5. The largest absolute Gasteiger partial charge is 0.395 e. The van der Waals surface area contributed by atoms with Gasteiger partial charge in [0.15, 0.2) is 0 Å². The van der Waals surface area contributed by atoms with Gasteiger partial charge in [0.2, 0.25) is 5.91 Å². The molecule has 0 saturated carbocycles. The Bertz CT molecular complexity index is 251. The van der Waals surface area contributed by atoms with E-state index < -0.39 is 0 Å². The number of nitrogens with one attached hydrogen (secondary N) is 2. The molecule has 1 heterocycles. The van der Waals surface area contributed by atoms with Crippen molar-refractivity contribution in [2.75, 3.05) is 26.0 Å². The lowest BCUT2D eigenvalue weighted by Gasteiger charge is -2.34. The van der Waals surface area contributed by atoms with Crippen LogP contribution in [0.1, 0.15) is 26.7 Å². The van der Waals surface area contributed by atoms with Crippen LogP contribution in [0, 0.1) is 5.41 Å². The third-order valence-electron chi connectivity index (χ3n) is 3.54. The Morgan fingerprint density at radius 1 is 1.65 bits per heavy atom. The molecule has 1 saturated heterocycles. The van der Waals surface area contributed by atoms with Gasteiger partial charge in [-0.1, -0.05) is 0 Å². The zero-order chi connectivity index (χ0) is 12.9. The quantitative estimate of drug-likeness (QED) is 0.677. The second-order valence-electron chi connectivity index (χ2n) is 5.06. The summed E-state index contributed by atoms with van der Waals surface area (Å²) in [6, 6.07) is 0.00116. The molecule has 1 rings (SSSR count). The lowest BCUT2D eigenvalue weighted by atomic mass is 9.81. The predicted molar refractivity (Wildman–Crippen MR) is 72.2 cm³/mol. The molecule has 4 nitrogen and oxygen atoms in total. The SMILES string of the molecule is CSC(CO)C(C)NC(=O)C1(C)CCCNC1. The van der Waals surface area contributed by atoms with Crippen LogP contribution in [0.5, 0.6) is 0 Å². The van der Waals surface area contributed by atoms with Gasteiger partial charge in [-0.05, 0) is 39.5 Å². The van der Waals surface area contributed by atoms with Gasteiger partial charge in [0.05, 0.1) is 12.0 Å². The molecule has 0 bridgehead atoms. The summed E-state index contributed by atoms with van der Waals surface area (Å²) < 4.78 is 0. The number of carbonyl (C=O) groups is 1. The third-order valence-corrected chi connectivity index (χ3v) is 4.71. The van der Waals surface area contributed by atoms with E-state index >= 15 is 0 Å². The molecule has 1 aliphatic heterocycles. The standard InChI is InChI=1S/C12H24N2O2S/c1-9(10(7-15)17-3)14-11(16)12(2)5-4-6-13-8-12/h9-10,13,15H,4-8H2,1-3H3,(H,14,16). The predicted octanol–water partition coefficient (Wildman–Crippen LogP) is 0.605. The number of carbonyl (C=O) groups excluding carboxylic acids is 1. The van der Waals surface area contributed by atoms with E-state index in [-0.39, 0.29) is 29.2 Å². The Hall–Kier alpha value is -0.260. The normalized spacial score (nSPS) is 28.5. The molecule has 1 amide bonds. The summed E-state index contributed by atoms with van der Waals surface area (Å²) >= 11 is 1.59. The van der Waals surface area contributed by atoms with E-state index in [9.17, 15) is 9.90 Å². The van der Waals surface area contributed by atoms with Gasteiger partial charge in [-0.3, -0.25) is 4.79 Å². The van der Waals surface area contributed by atoms with E-state index in [4.69, 9.17) is 0 Å². The minimum Gasteiger partial charge on any atom is -0.395 e. The molecule has 0 aromatic rings. The molecular formula is C12H24N2O2S. The van der Waals surface area contributed by atoms with Gasteiger partial charge in [-0.2, -0.15) is 11.8 Å². The van der Waals surface area contributed by atoms with E-state index in [1.165, 1.54) is 0 Å². The Kier molecular flexibility index (Phi) is 5.76. The fourth-order valence-corrected chi connectivity index (χ4v) is 2.79. The molecule has 100 valence electrons. The highest BCUT2D eigenvalue weighted by atomic mass is 32.2. The number of piperidine rings is 1. The monoisotopic (exact) mass is 260 g/mol. The van der Waals surface area contributed by atoms with Crippen LogP contribution < -0.4 is 10.6 Å². The van der Waals surface area contributed by atoms with E-state index in [1.54, 1.807) is 11.8 Å². The summed E-state index contributed by atoms with van der Waals surface area (Å²) in [5.41, 5.74) is -0.301. The molecule has 0 spiro atoms. The van der Waals surface area contributed by atoms with Crippen molar-refractivity contribution in [2.45, 2.75) is 38.0 Å². The molecule has 17 heavy (non-hydrogen) atoms. The van der Waals surface area contributed by atoms with Gasteiger partial charge in [-0.15, -0.1) is 0 Å². The number of amides is 1. The maximum absolute atomic E-state index is 12.2. The van der Waals surface area contributed by atoms with Gasteiger partial charge in [0.25, 0.3) is 0 Å². The molecule has 5 heteroatoms. The lowest BCUT2D eigenvalue weighted by molar-refractivity contribution is -0.131. The summed E-state index contributed by atoms with van der Waals surface area (Å²) in [4.78, 5) is 12.2. The van der Waals surface area contributed by atoms with E-state index in [1.807, 2.05) is 20.1 Å². The second kappa shape index (κ2) is 6.61. The highest BCUT2D eigenvalue weighted by molar-refractivity contribution is 7.99. The highest BCUT2D eigenvalue weighted by Gasteiger charge is 2.35. The first-order valence-electron chi connectivity index (χ1n) is 6.19. The minimum absolute atomic E-state index is 0.00116. The van der Waals surface area contributed by atoms with Gasteiger partial charge in [-0.25, -0.2) is 0 Å². The number of hydrogen-bond donors (Lipinski definition) is 3. The average molecular weight is 260 g/mol. The van der Waals surface area contributed by atoms with Crippen LogP contribution in [0.4, 0.5) is 0 Å². The van der Waals surface area contributed by atoms with Crippen molar-refractivity contribution >= 4 is 17.7 Å². The summed E-state index contributed by atoms with van der Waals surface area (Å²) in [6.45, 7) is 5.80. The number of hydrogen-bond acceptors (Lipinski definition) is 4. The van der Waals surface area contributed by atoms with Gasteiger partial charge in [0.1, 0.15) is 0 Å². The van der Waals surface area contributed by atoms with Crippen LogP contribution in [0.25, 0.3) is 0 Å². The first-order chi connectivity index (χ1) is 8.03. The van der Waals surface area contributed by atoms with Crippen LogP contribution >= 0.6 is 11.8 Å². The molecule has 0 radical (unpaired) electrons. The molecule has 3 atom stereocenters. The Morgan fingerprint density at radius 2 is 2.35 bits per heavy atom. The first kappa shape index (κ1) is 14.8. The summed E-state index contributed by atoms with van der Waals surface area (Å²) in [5, 5.41) is 15.6. The van der Waals surface area contributed by atoms with Crippen molar-refractivity contribution in [1.82, 2.24) is 10.6 Å². The van der Waals surface area contributed by atoms with Crippen molar-refractivity contribution in [3.63, 3.8) is 0 Å². The van der Waals surface area contributed by atoms with Crippen LogP contribution in [-0.4, -0.2) is 48.3 Å². The minimum atomic E-state index is -0.301. The Labute approximate surface area is 108 Å². The van der Waals surface area contributed by atoms with Crippen molar-refractivity contribution in [1.29, 1.82) is 0 Å². The third kappa shape index (κ3) is 3.86. The molecule has 1 fully saturated rings. The summed E-state index contributed by atoms with van der Waals surface area (Å²) in [7, 11) is 0. The van der Waals surface area contributed by atoms with Crippen molar-refractivity contribution in [3.05, 3.63) is 0 Å². The maximum Gasteiger partial charge on any atom is 0.227 e. The molecule has 0 aromatic carbocycles. The van der Waals surface area contributed by atoms with Crippen LogP contribution in [0.15, 0.2) is 0 Å². The van der Waals surface area contributed by atoms with E-state index in [0.29, 0.717) is 0 Å². The van der Waals surface area contributed by atoms with Crippen LogP contribution in [0.2, 0.25) is 0 Å². The van der Waals surface area contributed by atoms with E-state index in [2.05, 4.69) is 10.6 Å². The number of thioether (sulfide) groups is 1. The second-order valence-corrected chi connectivity index (χ2v) is 6.14.